The number of hydrogen-bond donors (Lipinski definition) is 1. The van der Waals surface area contributed by atoms with Gasteiger partial charge in [-0.3, -0.25) is 4.79 Å². The number of rotatable bonds is 5. The predicted molar refractivity (Wildman–Crippen MR) is 100 cm³/mol. The molecule has 1 aromatic carbocycles. The highest BCUT2D eigenvalue weighted by molar-refractivity contribution is 5.77. The molecule has 138 valence electrons. The van der Waals surface area contributed by atoms with E-state index in [0.717, 1.165) is 37.1 Å². The topological polar surface area (TPSA) is 43.8 Å². The maximum absolute atomic E-state index is 12.7. The van der Waals surface area contributed by atoms with E-state index in [0.29, 0.717) is 31.8 Å². The third-order valence-corrected chi connectivity index (χ3v) is 5.96. The fourth-order valence-electron chi connectivity index (χ4n) is 4.43. The number of aryl methyl sites for hydroxylation is 1. The van der Waals surface area contributed by atoms with Crippen LogP contribution in [0.2, 0.25) is 0 Å². The number of amides is 1. The zero-order chi connectivity index (χ0) is 17.9. The maximum atomic E-state index is 12.7. The summed E-state index contributed by atoms with van der Waals surface area (Å²) in [6, 6.07) is 7.98. The highest BCUT2D eigenvalue weighted by atomic mass is 16.3. The second-order valence-corrected chi connectivity index (χ2v) is 7.90. The highest BCUT2D eigenvalue weighted by Gasteiger charge is 2.40. The van der Waals surface area contributed by atoms with E-state index in [1.165, 1.54) is 13.0 Å². The Kier molecular flexibility index (Phi) is 5.80. The van der Waals surface area contributed by atoms with Crippen molar-refractivity contribution in [2.45, 2.75) is 51.6 Å². The standard InChI is InChI=1S/C21H32N2O2/c1-3-11-22-12-8-18(9-13-22)15-20(24)23-14-10-21(25,16-23)19-7-5-4-6-17(19)2/h4-7,18,25H,3,8-16H2,1-2H3/t21-/m1/s1. The quantitative estimate of drug-likeness (QED) is 0.893. The van der Waals surface area contributed by atoms with Gasteiger partial charge in [-0.15, -0.1) is 0 Å². The van der Waals surface area contributed by atoms with E-state index in [9.17, 15) is 9.90 Å². The van der Waals surface area contributed by atoms with Crippen molar-refractivity contribution in [1.82, 2.24) is 9.80 Å². The largest absolute Gasteiger partial charge is 0.383 e. The van der Waals surface area contributed by atoms with Gasteiger partial charge in [0.1, 0.15) is 5.60 Å². The summed E-state index contributed by atoms with van der Waals surface area (Å²) >= 11 is 0. The zero-order valence-corrected chi connectivity index (χ0v) is 15.7. The van der Waals surface area contributed by atoms with Crippen LogP contribution in [0.25, 0.3) is 0 Å². The van der Waals surface area contributed by atoms with Gasteiger partial charge in [0.15, 0.2) is 0 Å². The Morgan fingerprint density at radius 3 is 2.64 bits per heavy atom. The van der Waals surface area contributed by atoms with Gasteiger partial charge in [0.05, 0.1) is 6.54 Å². The molecular weight excluding hydrogens is 312 g/mol. The Bertz CT molecular complexity index is 595. The van der Waals surface area contributed by atoms with Crippen LogP contribution in [0.3, 0.4) is 0 Å². The van der Waals surface area contributed by atoms with Gasteiger partial charge in [0, 0.05) is 13.0 Å². The highest BCUT2D eigenvalue weighted by Crippen LogP contribution is 2.34. The molecule has 3 rings (SSSR count). The van der Waals surface area contributed by atoms with Crippen molar-refractivity contribution in [3.63, 3.8) is 0 Å². The number of benzene rings is 1. The summed E-state index contributed by atoms with van der Waals surface area (Å²) in [5.41, 5.74) is 1.19. The molecule has 0 aromatic heterocycles. The Hall–Kier alpha value is -1.39. The van der Waals surface area contributed by atoms with Crippen LogP contribution >= 0.6 is 0 Å². The molecule has 4 nitrogen and oxygen atoms in total. The van der Waals surface area contributed by atoms with E-state index in [1.54, 1.807) is 0 Å². The average molecular weight is 344 g/mol. The fourth-order valence-corrected chi connectivity index (χ4v) is 4.43. The molecule has 2 aliphatic heterocycles. The SMILES string of the molecule is CCCN1CCC(CC(=O)N2CC[C@](O)(c3ccccc3C)C2)CC1. The van der Waals surface area contributed by atoms with Gasteiger partial charge < -0.3 is 14.9 Å². The van der Waals surface area contributed by atoms with Crippen molar-refractivity contribution >= 4 is 5.91 Å². The van der Waals surface area contributed by atoms with Crippen LogP contribution in [0.5, 0.6) is 0 Å². The first-order valence-corrected chi connectivity index (χ1v) is 9.80. The third kappa shape index (κ3) is 4.24. The molecular formula is C21H32N2O2. The van der Waals surface area contributed by atoms with Gasteiger partial charge in [0.25, 0.3) is 0 Å². The van der Waals surface area contributed by atoms with Crippen molar-refractivity contribution in [2.75, 3.05) is 32.7 Å². The molecule has 1 amide bonds. The number of likely N-dealkylation sites (tertiary alicyclic amines) is 2. The van der Waals surface area contributed by atoms with E-state index in [2.05, 4.69) is 11.8 Å². The van der Waals surface area contributed by atoms with Gasteiger partial charge in [-0.2, -0.15) is 0 Å². The van der Waals surface area contributed by atoms with Crippen LogP contribution in [0.4, 0.5) is 0 Å². The molecule has 1 aromatic rings. The summed E-state index contributed by atoms with van der Waals surface area (Å²) in [6.07, 6.45) is 4.74. The van der Waals surface area contributed by atoms with E-state index >= 15 is 0 Å². The lowest BCUT2D eigenvalue weighted by atomic mass is 9.89. The van der Waals surface area contributed by atoms with Crippen molar-refractivity contribution < 1.29 is 9.90 Å². The second kappa shape index (κ2) is 7.88. The van der Waals surface area contributed by atoms with Crippen molar-refractivity contribution in [3.05, 3.63) is 35.4 Å². The van der Waals surface area contributed by atoms with Crippen LogP contribution in [0.15, 0.2) is 24.3 Å². The number of carbonyl (C=O) groups is 1. The number of aliphatic hydroxyl groups is 1. The van der Waals surface area contributed by atoms with Crippen LogP contribution in [-0.2, 0) is 10.4 Å². The molecule has 1 atom stereocenters. The first-order valence-electron chi connectivity index (χ1n) is 9.80. The fraction of sp³-hybridized carbons (Fsp3) is 0.667. The van der Waals surface area contributed by atoms with Crippen molar-refractivity contribution in [1.29, 1.82) is 0 Å². The molecule has 2 saturated heterocycles. The molecule has 0 bridgehead atoms. The Morgan fingerprint density at radius 2 is 1.96 bits per heavy atom. The monoisotopic (exact) mass is 344 g/mol. The van der Waals surface area contributed by atoms with Crippen molar-refractivity contribution in [3.8, 4) is 0 Å². The molecule has 4 heteroatoms. The maximum Gasteiger partial charge on any atom is 0.222 e. The first kappa shape index (κ1) is 18.4. The number of nitrogens with zero attached hydrogens (tertiary/aromatic N) is 2. The summed E-state index contributed by atoms with van der Waals surface area (Å²) in [5, 5.41) is 11.1. The van der Waals surface area contributed by atoms with E-state index in [1.807, 2.05) is 36.1 Å². The molecule has 1 N–H and O–H groups in total. The van der Waals surface area contributed by atoms with E-state index < -0.39 is 5.60 Å². The molecule has 25 heavy (non-hydrogen) atoms. The molecule has 0 radical (unpaired) electrons. The van der Waals surface area contributed by atoms with Crippen molar-refractivity contribution in [2.24, 2.45) is 5.92 Å². The lowest BCUT2D eigenvalue weighted by molar-refractivity contribution is -0.132. The Labute approximate surface area is 151 Å². The summed E-state index contributed by atoms with van der Waals surface area (Å²) < 4.78 is 0. The summed E-state index contributed by atoms with van der Waals surface area (Å²) in [5.74, 6) is 0.728. The van der Waals surface area contributed by atoms with E-state index in [-0.39, 0.29) is 5.91 Å². The second-order valence-electron chi connectivity index (χ2n) is 7.90. The van der Waals surface area contributed by atoms with E-state index in [4.69, 9.17) is 0 Å². The van der Waals surface area contributed by atoms with Crippen LogP contribution in [-0.4, -0.2) is 53.5 Å². The van der Waals surface area contributed by atoms with Gasteiger partial charge in [-0.05, 0) is 69.3 Å². The lowest BCUT2D eigenvalue weighted by Gasteiger charge is -2.32. The zero-order valence-electron chi connectivity index (χ0n) is 15.7. The average Bonchev–Trinajstić information content (AvgIpc) is 3.01. The summed E-state index contributed by atoms with van der Waals surface area (Å²) in [6.45, 7) is 8.78. The third-order valence-electron chi connectivity index (χ3n) is 5.96. The molecule has 0 saturated carbocycles. The number of piperidine rings is 1. The normalized spacial score (nSPS) is 25.5. The summed E-state index contributed by atoms with van der Waals surface area (Å²) in [4.78, 5) is 17.1. The Morgan fingerprint density at radius 1 is 1.24 bits per heavy atom. The van der Waals surface area contributed by atoms with Gasteiger partial charge >= 0.3 is 0 Å². The predicted octanol–water partition coefficient (Wildman–Crippen LogP) is 2.93. The minimum Gasteiger partial charge on any atom is -0.383 e. The summed E-state index contributed by atoms with van der Waals surface area (Å²) in [7, 11) is 0. The van der Waals surface area contributed by atoms with Gasteiger partial charge in [-0.1, -0.05) is 31.2 Å². The Balaban J connectivity index is 1.54. The van der Waals surface area contributed by atoms with Gasteiger partial charge in [0.2, 0.25) is 5.91 Å². The molecule has 2 aliphatic rings. The minimum atomic E-state index is -0.883. The first-order chi connectivity index (χ1) is 12.0. The minimum absolute atomic E-state index is 0.221. The van der Waals surface area contributed by atoms with Gasteiger partial charge in [-0.25, -0.2) is 0 Å². The molecule has 2 fully saturated rings. The smallest absolute Gasteiger partial charge is 0.222 e. The lowest BCUT2D eigenvalue weighted by Crippen LogP contribution is -2.38. The molecule has 0 aliphatic carbocycles. The van der Waals surface area contributed by atoms with Crippen LogP contribution < -0.4 is 0 Å². The number of carbonyl (C=O) groups excluding carboxylic acids is 1. The molecule has 0 unspecified atom stereocenters. The number of hydrogen-bond acceptors (Lipinski definition) is 3. The molecule has 2 heterocycles. The van der Waals surface area contributed by atoms with Crippen LogP contribution in [0.1, 0.15) is 50.2 Å². The number of β-amino-alcohol motifs (C(OH)–C–C–N with tert-alkyl or cyclic N) is 1. The van der Waals surface area contributed by atoms with Crippen LogP contribution in [0, 0.1) is 12.8 Å². The molecule has 0 spiro atoms.